The van der Waals surface area contributed by atoms with Crippen LogP contribution >= 0.6 is 27.3 Å². The summed E-state index contributed by atoms with van der Waals surface area (Å²) >= 11 is 5.16. The van der Waals surface area contributed by atoms with Crippen molar-refractivity contribution >= 4 is 27.3 Å². The number of halogens is 1. The van der Waals surface area contributed by atoms with Crippen molar-refractivity contribution in [3.05, 3.63) is 33.2 Å². The van der Waals surface area contributed by atoms with E-state index in [0.29, 0.717) is 0 Å². The van der Waals surface area contributed by atoms with E-state index in [1.54, 1.807) is 11.3 Å². The van der Waals surface area contributed by atoms with Crippen LogP contribution in [0.2, 0.25) is 0 Å². The lowest BCUT2D eigenvalue weighted by molar-refractivity contribution is 0.281. The van der Waals surface area contributed by atoms with Crippen molar-refractivity contribution in [2.45, 2.75) is 13.5 Å². The van der Waals surface area contributed by atoms with Crippen molar-refractivity contribution < 1.29 is 5.11 Å². The third-order valence-electron chi connectivity index (χ3n) is 2.64. The summed E-state index contributed by atoms with van der Waals surface area (Å²) in [7, 11) is 2.03. The summed E-state index contributed by atoms with van der Waals surface area (Å²) < 4.78 is 3.24. The molecule has 80 valence electrons. The average molecular weight is 286 g/mol. The van der Waals surface area contributed by atoms with Crippen LogP contribution in [0, 0.1) is 6.92 Å². The van der Waals surface area contributed by atoms with Gasteiger partial charge in [-0.25, -0.2) is 0 Å². The monoisotopic (exact) mass is 285 g/mol. The Labute approximate surface area is 101 Å². The predicted octanol–water partition coefficient (Wildman–Crippen LogP) is 3.32. The lowest BCUT2D eigenvalue weighted by Gasteiger charge is -2.02. The number of aliphatic hydroxyl groups is 1. The van der Waals surface area contributed by atoms with Crippen LogP contribution in [0.15, 0.2) is 22.0 Å². The molecule has 2 aromatic heterocycles. The number of aromatic nitrogens is 1. The summed E-state index contributed by atoms with van der Waals surface area (Å²) in [5.41, 5.74) is 3.28. The van der Waals surface area contributed by atoms with E-state index in [2.05, 4.69) is 26.6 Å². The summed E-state index contributed by atoms with van der Waals surface area (Å²) in [6.07, 6.45) is 0. The van der Waals surface area contributed by atoms with Gasteiger partial charge in [-0.1, -0.05) is 0 Å². The maximum atomic E-state index is 9.19. The first-order valence-electron chi connectivity index (χ1n) is 4.65. The minimum Gasteiger partial charge on any atom is -0.392 e. The highest BCUT2D eigenvalue weighted by Crippen LogP contribution is 2.33. The molecule has 0 atom stereocenters. The molecule has 0 aliphatic heterocycles. The molecule has 0 fully saturated rings. The summed E-state index contributed by atoms with van der Waals surface area (Å²) in [5, 5.41) is 9.19. The molecule has 0 aliphatic rings. The van der Waals surface area contributed by atoms with Gasteiger partial charge in [0.15, 0.2) is 0 Å². The lowest BCUT2D eigenvalue weighted by atomic mass is 10.2. The van der Waals surface area contributed by atoms with E-state index < -0.39 is 0 Å². The molecule has 15 heavy (non-hydrogen) atoms. The molecule has 0 bridgehead atoms. The molecule has 0 aromatic carbocycles. The van der Waals surface area contributed by atoms with Crippen LogP contribution in [-0.2, 0) is 13.7 Å². The van der Waals surface area contributed by atoms with E-state index in [1.807, 2.05) is 26.1 Å². The van der Waals surface area contributed by atoms with Crippen LogP contribution in [0.3, 0.4) is 0 Å². The van der Waals surface area contributed by atoms with Gasteiger partial charge >= 0.3 is 0 Å². The molecule has 1 N–H and O–H groups in total. The van der Waals surface area contributed by atoms with Crippen LogP contribution in [-0.4, -0.2) is 9.67 Å². The summed E-state index contributed by atoms with van der Waals surface area (Å²) in [6.45, 7) is 2.13. The summed E-state index contributed by atoms with van der Waals surface area (Å²) in [6, 6.07) is 6.18. The van der Waals surface area contributed by atoms with E-state index in [-0.39, 0.29) is 6.61 Å². The zero-order valence-electron chi connectivity index (χ0n) is 8.62. The van der Waals surface area contributed by atoms with E-state index in [1.165, 1.54) is 4.88 Å². The minimum absolute atomic E-state index is 0.103. The summed E-state index contributed by atoms with van der Waals surface area (Å²) in [4.78, 5) is 1.21. The SMILES string of the molecule is Cc1c(CO)cc(-c2ccc(Br)s2)n1C. The third kappa shape index (κ3) is 1.89. The number of rotatable bonds is 2. The van der Waals surface area contributed by atoms with Gasteiger partial charge < -0.3 is 9.67 Å². The second-order valence-electron chi connectivity index (χ2n) is 3.46. The Morgan fingerprint density at radius 2 is 2.20 bits per heavy atom. The van der Waals surface area contributed by atoms with Crippen molar-refractivity contribution in [2.75, 3.05) is 0 Å². The molecule has 0 spiro atoms. The number of thiophene rings is 1. The highest BCUT2D eigenvalue weighted by Gasteiger charge is 2.11. The largest absolute Gasteiger partial charge is 0.392 e. The number of nitrogens with zero attached hydrogens (tertiary/aromatic N) is 1. The lowest BCUT2D eigenvalue weighted by Crippen LogP contribution is -1.94. The predicted molar refractivity (Wildman–Crippen MR) is 67.1 cm³/mol. The molecular formula is C11H12BrNOS. The van der Waals surface area contributed by atoms with Crippen LogP contribution in [0.25, 0.3) is 10.6 Å². The highest BCUT2D eigenvalue weighted by molar-refractivity contribution is 9.11. The number of aliphatic hydroxyl groups excluding tert-OH is 1. The van der Waals surface area contributed by atoms with Gasteiger partial charge in [0.1, 0.15) is 0 Å². The Hall–Kier alpha value is -0.580. The molecular weight excluding hydrogens is 274 g/mol. The number of hydrogen-bond donors (Lipinski definition) is 1. The second-order valence-corrected chi connectivity index (χ2v) is 5.92. The fraction of sp³-hybridized carbons (Fsp3) is 0.273. The van der Waals surface area contributed by atoms with Crippen molar-refractivity contribution in [1.29, 1.82) is 0 Å². The second kappa shape index (κ2) is 4.12. The Morgan fingerprint density at radius 3 is 2.67 bits per heavy atom. The normalized spacial score (nSPS) is 10.9. The van der Waals surface area contributed by atoms with Gasteiger partial charge in [0.05, 0.1) is 21.0 Å². The fourth-order valence-corrected chi connectivity index (χ4v) is 3.05. The first-order chi connectivity index (χ1) is 7.13. The topological polar surface area (TPSA) is 25.2 Å². The van der Waals surface area contributed by atoms with E-state index >= 15 is 0 Å². The first kappa shape index (κ1) is 10.9. The molecule has 0 unspecified atom stereocenters. The van der Waals surface area contributed by atoms with Gasteiger partial charge in [-0.15, -0.1) is 11.3 Å². The molecule has 2 rings (SSSR count). The standard InChI is InChI=1S/C11H12BrNOS/c1-7-8(6-14)5-9(13(7)2)10-3-4-11(12)15-10/h3-5,14H,6H2,1-2H3. The molecule has 2 nitrogen and oxygen atoms in total. The molecule has 2 aromatic rings. The van der Waals surface area contributed by atoms with E-state index in [9.17, 15) is 5.11 Å². The van der Waals surface area contributed by atoms with E-state index in [0.717, 1.165) is 20.7 Å². The van der Waals surface area contributed by atoms with Gasteiger partial charge in [-0.2, -0.15) is 0 Å². The highest BCUT2D eigenvalue weighted by atomic mass is 79.9. The van der Waals surface area contributed by atoms with Crippen LogP contribution in [0.4, 0.5) is 0 Å². The van der Waals surface area contributed by atoms with Crippen LogP contribution < -0.4 is 0 Å². The van der Waals surface area contributed by atoms with Gasteiger partial charge in [0, 0.05) is 12.7 Å². The maximum absolute atomic E-state index is 9.19. The molecule has 0 radical (unpaired) electrons. The third-order valence-corrected chi connectivity index (χ3v) is 4.28. The van der Waals surface area contributed by atoms with Gasteiger partial charge in [-0.3, -0.25) is 0 Å². The quantitative estimate of drug-likeness (QED) is 0.900. The van der Waals surface area contributed by atoms with Crippen molar-refractivity contribution in [2.24, 2.45) is 7.05 Å². The Morgan fingerprint density at radius 1 is 1.47 bits per heavy atom. The average Bonchev–Trinajstić information content (AvgIpc) is 2.74. The van der Waals surface area contributed by atoms with Gasteiger partial charge in [0.25, 0.3) is 0 Å². The molecule has 0 amide bonds. The Bertz CT molecular complexity index is 487. The maximum Gasteiger partial charge on any atom is 0.0705 e. The Balaban J connectivity index is 2.53. The molecule has 4 heteroatoms. The zero-order valence-corrected chi connectivity index (χ0v) is 11.0. The van der Waals surface area contributed by atoms with Crippen LogP contribution in [0.1, 0.15) is 11.3 Å². The van der Waals surface area contributed by atoms with Crippen LogP contribution in [0.5, 0.6) is 0 Å². The molecule has 0 saturated heterocycles. The smallest absolute Gasteiger partial charge is 0.0705 e. The molecule has 0 aliphatic carbocycles. The molecule has 2 heterocycles. The number of hydrogen-bond acceptors (Lipinski definition) is 2. The first-order valence-corrected chi connectivity index (χ1v) is 6.26. The Kier molecular flexibility index (Phi) is 3.00. The van der Waals surface area contributed by atoms with Gasteiger partial charge in [-0.05, 0) is 46.6 Å². The van der Waals surface area contributed by atoms with Gasteiger partial charge in [0.2, 0.25) is 0 Å². The molecule has 0 saturated carbocycles. The summed E-state index contributed by atoms with van der Waals surface area (Å²) in [5.74, 6) is 0. The zero-order chi connectivity index (χ0) is 11.0. The van der Waals surface area contributed by atoms with Crippen molar-refractivity contribution in [1.82, 2.24) is 4.57 Å². The minimum atomic E-state index is 0.103. The fourth-order valence-electron chi connectivity index (χ4n) is 1.61. The van der Waals surface area contributed by atoms with Crippen molar-refractivity contribution in [3.8, 4) is 10.6 Å². The van der Waals surface area contributed by atoms with E-state index in [4.69, 9.17) is 0 Å². The van der Waals surface area contributed by atoms with Crippen molar-refractivity contribution in [3.63, 3.8) is 0 Å².